The van der Waals surface area contributed by atoms with Gasteiger partial charge < -0.3 is 9.84 Å². The molecule has 0 aromatic heterocycles. The zero-order valence-electron chi connectivity index (χ0n) is 17.4. The lowest BCUT2D eigenvalue weighted by atomic mass is 9.98. The number of aliphatic carboxylic acids is 1. The fraction of sp³-hybridized carbons (Fsp3) is 0.400. The highest BCUT2D eigenvalue weighted by atomic mass is 16.5. The first-order chi connectivity index (χ1) is 14.0. The summed E-state index contributed by atoms with van der Waals surface area (Å²) in [6.07, 6.45) is 6.04. The maximum atomic E-state index is 10.7. The van der Waals surface area contributed by atoms with Crippen molar-refractivity contribution < 1.29 is 14.6 Å². The molecule has 0 atom stereocenters. The molecule has 1 aliphatic heterocycles. The lowest BCUT2D eigenvalue weighted by Gasteiger charge is -2.29. The first kappa shape index (κ1) is 21.1. The summed E-state index contributed by atoms with van der Waals surface area (Å²) in [7, 11) is 0. The fourth-order valence-electron chi connectivity index (χ4n) is 3.73. The van der Waals surface area contributed by atoms with Crippen molar-refractivity contribution in [2.45, 2.75) is 45.6 Å². The van der Waals surface area contributed by atoms with Gasteiger partial charge >= 0.3 is 5.97 Å². The SMILES string of the molecule is CC(C)c1ccc(/C=C/COc2cccc3c2CCN(CCCC(=O)O)C3)cc1. The molecule has 154 valence electrons. The molecule has 0 bridgehead atoms. The Bertz CT molecular complexity index is 840. The van der Waals surface area contributed by atoms with Gasteiger partial charge in [-0.25, -0.2) is 0 Å². The molecule has 0 amide bonds. The predicted molar refractivity (Wildman–Crippen MR) is 117 cm³/mol. The van der Waals surface area contributed by atoms with E-state index in [1.165, 1.54) is 22.3 Å². The Labute approximate surface area is 173 Å². The molecule has 0 fully saturated rings. The molecule has 0 saturated carbocycles. The van der Waals surface area contributed by atoms with Crippen LogP contribution in [0.15, 0.2) is 48.5 Å². The molecular formula is C25H31NO3. The summed E-state index contributed by atoms with van der Waals surface area (Å²) in [6.45, 7) is 7.60. The van der Waals surface area contributed by atoms with E-state index in [0.717, 1.165) is 31.8 Å². The van der Waals surface area contributed by atoms with Crippen molar-refractivity contribution in [2.24, 2.45) is 0 Å². The first-order valence-electron chi connectivity index (χ1n) is 10.5. The lowest BCUT2D eigenvalue weighted by molar-refractivity contribution is -0.137. The number of ether oxygens (including phenoxy) is 1. The van der Waals surface area contributed by atoms with Gasteiger partial charge in [-0.3, -0.25) is 9.69 Å². The van der Waals surface area contributed by atoms with Crippen LogP contribution in [-0.2, 0) is 17.8 Å². The third kappa shape index (κ3) is 6.20. The summed E-state index contributed by atoms with van der Waals surface area (Å²) < 4.78 is 6.05. The summed E-state index contributed by atoms with van der Waals surface area (Å²) in [5.74, 6) is 0.795. The second kappa shape index (κ2) is 10.3. The minimum absolute atomic E-state index is 0.235. The van der Waals surface area contributed by atoms with Crippen molar-refractivity contribution >= 4 is 12.0 Å². The van der Waals surface area contributed by atoms with Crippen LogP contribution in [0.3, 0.4) is 0 Å². The molecule has 1 aliphatic rings. The van der Waals surface area contributed by atoms with Gasteiger partial charge in [0, 0.05) is 19.5 Å². The molecule has 1 N–H and O–H groups in total. The average molecular weight is 394 g/mol. The van der Waals surface area contributed by atoms with E-state index in [2.05, 4.69) is 61.2 Å². The van der Waals surface area contributed by atoms with Gasteiger partial charge in [0.05, 0.1) is 0 Å². The molecule has 2 aromatic rings. The summed E-state index contributed by atoms with van der Waals surface area (Å²) in [5.41, 5.74) is 5.12. The average Bonchev–Trinajstić information content (AvgIpc) is 2.71. The summed E-state index contributed by atoms with van der Waals surface area (Å²) >= 11 is 0. The molecule has 4 heteroatoms. The van der Waals surface area contributed by atoms with Crippen LogP contribution in [0.2, 0.25) is 0 Å². The summed E-state index contributed by atoms with van der Waals surface area (Å²) in [5, 5.41) is 8.81. The number of fused-ring (bicyclic) bond motifs is 1. The standard InChI is InChI=1S/C25H31NO3/c1-19(2)21-12-10-20(11-13-21)6-5-17-29-24-8-3-7-22-18-26(16-14-23(22)24)15-4-9-25(27)28/h3,5-8,10-13,19H,4,9,14-18H2,1-2H3,(H,27,28)/b6-5+. The molecule has 29 heavy (non-hydrogen) atoms. The number of rotatable bonds is 9. The highest BCUT2D eigenvalue weighted by molar-refractivity contribution is 5.66. The number of benzene rings is 2. The van der Waals surface area contributed by atoms with Crippen LogP contribution in [-0.4, -0.2) is 35.7 Å². The molecule has 4 nitrogen and oxygen atoms in total. The van der Waals surface area contributed by atoms with Crippen molar-refractivity contribution in [1.29, 1.82) is 0 Å². The molecule has 0 radical (unpaired) electrons. The molecule has 1 heterocycles. The van der Waals surface area contributed by atoms with Gasteiger partial charge in [0.15, 0.2) is 0 Å². The number of carboxylic acid groups (broad SMARTS) is 1. The van der Waals surface area contributed by atoms with E-state index < -0.39 is 5.97 Å². The van der Waals surface area contributed by atoms with E-state index in [9.17, 15) is 4.79 Å². The van der Waals surface area contributed by atoms with E-state index in [1.807, 2.05) is 12.1 Å². The topological polar surface area (TPSA) is 49.8 Å². The molecular weight excluding hydrogens is 362 g/mol. The Morgan fingerprint density at radius 2 is 2.00 bits per heavy atom. The van der Waals surface area contributed by atoms with Crippen molar-refractivity contribution in [2.75, 3.05) is 19.7 Å². The highest BCUT2D eigenvalue weighted by Crippen LogP contribution is 2.28. The van der Waals surface area contributed by atoms with E-state index in [1.54, 1.807) is 0 Å². The highest BCUT2D eigenvalue weighted by Gasteiger charge is 2.19. The molecule has 0 unspecified atom stereocenters. The summed E-state index contributed by atoms with van der Waals surface area (Å²) in [4.78, 5) is 13.0. The Morgan fingerprint density at radius 3 is 2.72 bits per heavy atom. The molecule has 0 spiro atoms. The van der Waals surface area contributed by atoms with Gasteiger partial charge in [-0.2, -0.15) is 0 Å². The van der Waals surface area contributed by atoms with Gasteiger partial charge in [0.1, 0.15) is 12.4 Å². The molecule has 3 rings (SSSR count). The second-order valence-electron chi connectivity index (χ2n) is 7.95. The lowest BCUT2D eigenvalue weighted by Crippen LogP contribution is -2.31. The zero-order valence-corrected chi connectivity index (χ0v) is 17.4. The van der Waals surface area contributed by atoms with Gasteiger partial charge in [-0.1, -0.05) is 56.3 Å². The Kier molecular flexibility index (Phi) is 7.48. The Balaban J connectivity index is 1.53. The Morgan fingerprint density at radius 1 is 1.21 bits per heavy atom. The third-order valence-corrected chi connectivity index (χ3v) is 5.42. The van der Waals surface area contributed by atoms with Crippen molar-refractivity contribution in [3.63, 3.8) is 0 Å². The number of carbonyl (C=O) groups is 1. The number of carboxylic acids is 1. The van der Waals surface area contributed by atoms with Crippen LogP contribution in [0.4, 0.5) is 0 Å². The van der Waals surface area contributed by atoms with Gasteiger partial charge in [-0.15, -0.1) is 0 Å². The van der Waals surface area contributed by atoms with E-state index in [4.69, 9.17) is 9.84 Å². The Hall–Kier alpha value is -2.59. The smallest absolute Gasteiger partial charge is 0.303 e. The number of nitrogens with zero attached hydrogens (tertiary/aromatic N) is 1. The maximum absolute atomic E-state index is 10.7. The maximum Gasteiger partial charge on any atom is 0.303 e. The molecule has 0 aliphatic carbocycles. The van der Waals surface area contributed by atoms with Crippen molar-refractivity contribution in [3.8, 4) is 5.75 Å². The monoisotopic (exact) mass is 393 g/mol. The van der Waals surface area contributed by atoms with E-state index >= 15 is 0 Å². The van der Waals surface area contributed by atoms with Crippen LogP contribution in [0, 0.1) is 0 Å². The van der Waals surface area contributed by atoms with Crippen LogP contribution < -0.4 is 4.74 Å². The largest absolute Gasteiger partial charge is 0.489 e. The van der Waals surface area contributed by atoms with Gasteiger partial charge in [0.25, 0.3) is 0 Å². The van der Waals surface area contributed by atoms with Crippen LogP contribution in [0.5, 0.6) is 5.75 Å². The van der Waals surface area contributed by atoms with Crippen LogP contribution >= 0.6 is 0 Å². The van der Waals surface area contributed by atoms with Gasteiger partial charge in [0.2, 0.25) is 0 Å². The van der Waals surface area contributed by atoms with Crippen molar-refractivity contribution in [3.05, 3.63) is 70.8 Å². The minimum atomic E-state index is -0.720. The van der Waals surface area contributed by atoms with Crippen molar-refractivity contribution in [1.82, 2.24) is 4.90 Å². The molecule has 0 saturated heterocycles. The zero-order chi connectivity index (χ0) is 20.6. The predicted octanol–water partition coefficient (Wildman–Crippen LogP) is 5.13. The number of hydrogen-bond acceptors (Lipinski definition) is 3. The normalized spacial score (nSPS) is 14.3. The third-order valence-electron chi connectivity index (χ3n) is 5.42. The van der Waals surface area contributed by atoms with E-state index in [0.29, 0.717) is 18.9 Å². The fourth-order valence-corrected chi connectivity index (χ4v) is 3.73. The van der Waals surface area contributed by atoms with Gasteiger partial charge in [-0.05, 0) is 59.7 Å². The van der Waals surface area contributed by atoms with E-state index in [-0.39, 0.29) is 6.42 Å². The van der Waals surface area contributed by atoms with Crippen LogP contribution in [0.1, 0.15) is 54.9 Å². The first-order valence-corrected chi connectivity index (χ1v) is 10.5. The second-order valence-corrected chi connectivity index (χ2v) is 7.95. The number of hydrogen-bond donors (Lipinski definition) is 1. The summed E-state index contributed by atoms with van der Waals surface area (Å²) in [6, 6.07) is 14.9. The minimum Gasteiger partial charge on any atom is -0.489 e. The quantitative estimate of drug-likeness (QED) is 0.642. The van der Waals surface area contributed by atoms with Crippen LogP contribution in [0.25, 0.3) is 6.08 Å². The molecule has 2 aromatic carbocycles.